The van der Waals surface area contributed by atoms with Crippen LogP contribution in [0.1, 0.15) is 37.0 Å². The van der Waals surface area contributed by atoms with Crippen LogP contribution in [0.5, 0.6) is 0 Å². The molecule has 1 heterocycles. The number of carbonyl (C=O) groups is 4. The standard InChI is InChI=1S/C18H22ClN3O5/c1-11(2)21-15(23)9-20-16(24)10-27-18(26)12-5-6-13(19)14(8-12)22-7-3-4-17(22)25/h5-6,8,11H,3-4,7,9-10H2,1-2H3,(H,20,24)(H,21,23). The van der Waals surface area contributed by atoms with Gasteiger partial charge in [-0.3, -0.25) is 14.4 Å². The third-order valence-electron chi connectivity index (χ3n) is 3.78. The summed E-state index contributed by atoms with van der Waals surface area (Å²) < 4.78 is 4.96. The van der Waals surface area contributed by atoms with Gasteiger partial charge in [-0.15, -0.1) is 0 Å². The average Bonchev–Trinajstić information content (AvgIpc) is 3.03. The van der Waals surface area contributed by atoms with Crippen molar-refractivity contribution in [2.75, 3.05) is 24.6 Å². The Morgan fingerprint density at radius 3 is 2.63 bits per heavy atom. The maximum absolute atomic E-state index is 12.2. The highest BCUT2D eigenvalue weighted by Gasteiger charge is 2.24. The zero-order valence-electron chi connectivity index (χ0n) is 15.2. The molecule has 3 amide bonds. The first kappa shape index (κ1) is 20.7. The average molecular weight is 396 g/mol. The molecule has 0 unspecified atom stereocenters. The number of ether oxygens (including phenoxy) is 1. The van der Waals surface area contributed by atoms with Gasteiger partial charge < -0.3 is 20.3 Å². The van der Waals surface area contributed by atoms with E-state index in [9.17, 15) is 19.2 Å². The highest BCUT2D eigenvalue weighted by Crippen LogP contribution is 2.30. The maximum Gasteiger partial charge on any atom is 0.338 e. The van der Waals surface area contributed by atoms with E-state index in [-0.39, 0.29) is 30.0 Å². The molecule has 1 saturated heterocycles. The van der Waals surface area contributed by atoms with Gasteiger partial charge in [-0.1, -0.05) is 11.6 Å². The number of esters is 1. The maximum atomic E-state index is 12.2. The molecule has 0 aliphatic carbocycles. The van der Waals surface area contributed by atoms with E-state index in [0.29, 0.717) is 23.7 Å². The molecule has 0 saturated carbocycles. The second-order valence-corrected chi connectivity index (χ2v) is 6.80. The van der Waals surface area contributed by atoms with E-state index in [1.165, 1.54) is 23.1 Å². The molecule has 27 heavy (non-hydrogen) atoms. The van der Waals surface area contributed by atoms with Crippen LogP contribution in [0.2, 0.25) is 5.02 Å². The lowest BCUT2D eigenvalue weighted by Crippen LogP contribution is -2.41. The Balaban J connectivity index is 1.89. The molecule has 1 aromatic carbocycles. The second kappa shape index (κ2) is 9.36. The number of anilines is 1. The van der Waals surface area contributed by atoms with Crippen LogP contribution in [0, 0.1) is 0 Å². The van der Waals surface area contributed by atoms with Crippen molar-refractivity contribution in [2.24, 2.45) is 0 Å². The van der Waals surface area contributed by atoms with Crippen LogP contribution in [0.25, 0.3) is 0 Å². The molecule has 8 nitrogen and oxygen atoms in total. The van der Waals surface area contributed by atoms with Gasteiger partial charge >= 0.3 is 5.97 Å². The normalized spacial score (nSPS) is 13.6. The SMILES string of the molecule is CC(C)NC(=O)CNC(=O)COC(=O)c1ccc(Cl)c(N2CCCC2=O)c1. The third kappa shape index (κ3) is 5.96. The Bertz CT molecular complexity index is 751. The summed E-state index contributed by atoms with van der Waals surface area (Å²) in [5.74, 6) is -1.70. The number of carbonyl (C=O) groups excluding carboxylic acids is 4. The fourth-order valence-electron chi connectivity index (χ4n) is 2.57. The molecule has 1 aliphatic heterocycles. The van der Waals surface area contributed by atoms with Crippen LogP contribution in [0.4, 0.5) is 5.69 Å². The lowest BCUT2D eigenvalue weighted by atomic mass is 10.2. The van der Waals surface area contributed by atoms with E-state index in [4.69, 9.17) is 16.3 Å². The molecule has 0 spiro atoms. The summed E-state index contributed by atoms with van der Waals surface area (Å²) in [6, 6.07) is 4.41. The van der Waals surface area contributed by atoms with Crippen LogP contribution < -0.4 is 15.5 Å². The summed E-state index contributed by atoms with van der Waals surface area (Å²) in [4.78, 5) is 48.7. The number of halogens is 1. The zero-order valence-corrected chi connectivity index (χ0v) is 16.0. The van der Waals surface area contributed by atoms with Crippen LogP contribution in [0.15, 0.2) is 18.2 Å². The van der Waals surface area contributed by atoms with Crippen molar-refractivity contribution >= 4 is 41.0 Å². The number of hydrogen-bond donors (Lipinski definition) is 2. The van der Waals surface area contributed by atoms with Gasteiger partial charge in [0.2, 0.25) is 11.8 Å². The molecule has 2 rings (SSSR count). The Labute approximate surface area is 162 Å². The van der Waals surface area contributed by atoms with Crippen LogP contribution in [0.3, 0.4) is 0 Å². The van der Waals surface area contributed by atoms with Crippen molar-refractivity contribution in [3.63, 3.8) is 0 Å². The van der Waals surface area contributed by atoms with Crippen molar-refractivity contribution < 1.29 is 23.9 Å². The van der Waals surface area contributed by atoms with Gasteiger partial charge in [-0.25, -0.2) is 4.79 Å². The third-order valence-corrected chi connectivity index (χ3v) is 4.10. The van der Waals surface area contributed by atoms with Crippen molar-refractivity contribution in [2.45, 2.75) is 32.7 Å². The van der Waals surface area contributed by atoms with Gasteiger partial charge in [-0.2, -0.15) is 0 Å². The minimum Gasteiger partial charge on any atom is -0.452 e. The minimum atomic E-state index is -0.721. The highest BCUT2D eigenvalue weighted by atomic mass is 35.5. The second-order valence-electron chi connectivity index (χ2n) is 6.39. The summed E-state index contributed by atoms with van der Waals surface area (Å²) in [5, 5.41) is 5.35. The van der Waals surface area contributed by atoms with E-state index >= 15 is 0 Å². The summed E-state index contributed by atoms with van der Waals surface area (Å²) in [6.07, 6.45) is 1.17. The summed E-state index contributed by atoms with van der Waals surface area (Å²) in [6.45, 7) is 3.43. The number of hydrogen-bond acceptors (Lipinski definition) is 5. The molecule has 1 aliphatic rings. The van der Waals surface area contributed by atoms with Gasteiger partial charge in [0, 0.05) is 19.0 Å². The van der Waals surface area contributed by atoms with E-state index in [1.54, 1.807) is 13.8 Å². The molecular formula is C18H22ClN3O5. The molecule has 0 aromatic heterocycles. The minimum absolute atomic E-state index is 0.0335. The summed E-state index contributed by atoms with van der Waals surface area (Å²) >= 11 is 6.13. The molecule has 1 aromatic rings. The van der Waals surface area contributed by atoms with Crippen molar-refractivity contribution in [1.29, 1.82) is 0 Å². The topological polar surface area (TPSA) is 105 Å². The van der Waals surface area contributed by atoms with Crippen molar-refractivity contribution in [3.8, 4) is 0 Å². The number of nitrogens with one attached hydrogen (secondary N) is 2. The lowest BCUT2D eigenvalue weighted by Gasteiger charge is -2.18. The molecule has 0 atom stereocenters. The van der Waals surface area contributed by atoms with E-state index < -0.39 is 18.5 Å². The first-order valence-electron chi connectivity index (χ1n) is 8.61. The lowest BCUT2D eigenvalue weighted by molar-refractivity contribution is -0.128. The largest absolute Gasteiger partial charge is 0.452 e. The number of amides is 3. The molecular weight excluding hydrogens is 374 g/mol. The Hall–Kier alpha value is -2.61. The number of nitrogens with zero attached hydrogens (tertiary/aromatic N) is 1. The number of rotatable bonds is 7. The van der Waals surface area contributed by atoms with Gasteiger partial charge in [0.25, 0.3) is 5.91 Å². The molecule has 0 bridgehead atoms. The van der Waals surface area contributed by atoms with Crippen LogP contribution in [-0.4, -0.2) is 49.4 Å². The summed E-state index contributed by atoms with van der Waals surface area (Å²) in [7, 11) is 0. The van der Waals surface area contributed by atoms with E-state index in [1.807, 2.05) is 0 Å². The molecule has 146 valence electrons. The van der Waals surface area contributed by atoms with E-state index in [0.717, 1.165) is 6.42 Å². The highest BCUT2D eigenvalue weighted by molar-refractivity contribution is 6.34. The van der Waals surface area contributed by atoms with Crippen LogP contribution in [-0.2, 0) is 19.1 Å². The quantitative estimate of drug-likeness (QED) is 0.676. The molecule has 9 heteroatoms. The molecule has 2 N–H and O–H groups in total. The first-order valence-corrected chi connectivity index (χ1v) is 8.99. The summed E-state index contributed by atoms with van der Waals surface area (Å²) in [5.41, 5.74) is 0.628. The van der Waals surface area contributed by atoms with Gasteiger partial charge in [0.05, 0.1) is 22.8 Å². The van der Waals surface area contributed by atoms with Crippen molar-refractivity contribution in [3.05, 3.63) is 28.8 Å². The first-order chi connectivity index (χ1) is 12.8. The Morgan fingerprint density at radius 1 is 1.26 bits per heavy atom. The predicted octanol–water partition coefficient (Wildman–Crippen LogP) is 1.26. The Kier molecular flexibility index (Phi) is 7.18. The van der Waals surface area contributed by atoms with Crippen molar-refractivity contribution in [1.82, 2.24) is 10.6 Å². The Morgan fingerprint density at radius 2 is 2.00 bits per heavy atom. The smallest absolute Gasteiger partial charge is 0.338 e. The van der Waals surface area contributed by atoms with Gasteiger partial charge in [0.1, 0.15) is 0 Å². The van der Waals surface area contributed by atoms with E-state index in [2.05, 4.69) is 10.6 Å². The molecule has 1 fully saturated rings. The van der Waals surface area contributed by atoms with Gasteiger partial charge in [-0.05, 0) is 38.5 Å². The number of benzene rings is 1. The van der Waals surface area contributed by atoms with Crippen LogP contribution >= 0.6 is 11.6 Å². The molecule has 0 radical (unpaired) electrons. The fourth-order valence-corrected chi connectivity index (χ4v) is 2.79. The zero-order chi connectivity index (χ0) is 20.0. The van der Waals surface area contributed by atoms with Gasteiger partial charge in [0.15, 0.2) is 6.61 Å². The monoisotopic (exact) mass is 395 g/mol. The fraction of sp³-hybridized carbons (Fsp3) is 0.444. The predicted molar refractivity (Wildman–Crippen MR) is 99.6 cm³/mol.